The quantitative estimate of drug-likeness (QED) is 0.905. The predicted octanol–water partition coefficient (Wildman–Crippen LogP) is 3.79. The van der Waals surface area contributed by atoms with Gasteiger partial charge in [0, 0.05) is 5.69 Å². The molecule has 0 aromatic heterocycles. The summed E-state index contributed by atoms with van der Waals surface area (Å²) in [5, 5.41) is 11.1. The van der Waals surface area contributed by atoms with E-state index in [1.807, 2.05) is 6.07 Å². The molecule has 2 rings (SSSR count). The molecule has 0 atom stereocenters. The summed E-state index contributed by atoms with van der Waals surface area (Å²) in [6.45, 7) is -0.549. The van der Waals surface area contributed by atoms with E-state index in [2.05, 4.69) is 5.32 Å². The lowest BCUT2D eigenvalue weighted by molar-refractivity contribution is -0.139. The fourth-order valence-corrected chi connectivity index (χ4v) is 1.96. The summed E-state index contributed by atoms with van der Waals surface area (Å²) in [6, 6.07) is 13.3. The van der Waals surface area contributed by atoms with Crippen molar-refractivity contribution in [1.82, 2.24) is 0 Å². The van der Waals surface area contributed by atoms with E-state index < -0.39 is 30.0 Å². The van der Waals surface area contributed by atoms with E-state index in [4.69, 9.17) is 10.00 Å². The van der Waals surface area contributed by atoms with Crippen LogP contribution in [-0.4, -0.2) is 12.5 Å². The molecule has 0 saturated carbocycles. The van der Waals surface area contributed by atoms with Gasteiger partial charge in [-0.15, -0.1) is 0 Å². The van der Waals surface area contributed by atoms with Gasteiger partial charge in [0.05, 0.1) is 18.1 Å². The van der Waals surface area contributed by atoms with Gasteiger partial charge in [-0.05, 0) is 29.8 Å². The van der Waals surface area contributed by atoms with Crippen LogP contribution < -0.4 is 10.1 Å². The van der Waals surface area contributed by atoms with Crippen molar-refractivity contribution in [1.29, 1.82) is 5.26 Å². The number of hydrogen-bond acceptors (Lipinski definition) is 3. The van der Waals surface area contributed by atoms with E-state index in [1.165, 1.54) is 12.1 Å². The largest absolute Gasteiger partial charge is 0.483 e. The molecule has 0 spiro atoms. The molecule has 2 aromatic rings. The predicted molar refractivity (Wildman–Crippen MR) is 81.3 cm³/mol. The number of anilines is 1. The SMILES string of the molecule is N#CCc1ccc(NC(=O)COc2ccccc2C(F)(F)F)cc1. The maximum Gasteiger partial charge on any atom is 0.419 e. The van der Waals surface area contributed by atoms with Gasteiger partial charge in [-0.25, -0.2) is 0 Å². The topological polar surface area (TPSA) is 62.1 Å². The fourth-order valence-electron chi connectivity index (χ4n) is 1.96. The molecule has 24 heavy (non-hydrogen) atoms. The van der Waals surface area contributed by atoms with Crippen LogP contribution in [0.4, 0.5) is 18.9 Å². The third-order valence-corrected chi connectivity index (χ3v) is 3.07. The highest BCUT2D eigenvalue weighted by Gasteiger charge is 2.34. The van der Waals surface area contributed by atoms with E-state index in [0.29, 0.717) is 5.69 Å². The van der Waals surface area contributed by atoms with E-state index in [9.17, 15) is 18.0 Å². The molecule has 124 valence electrons. The third kappa shape index (κ3) is 4.74. The summed E-state index contributed by atoms with van der Waals surface area (Å²) in [5.41, 5.74) is 0.332. The van der Waals surface area contributed by atoms with E-state index >= 15 is 0 Å². The van der Waals surface area contributed by atoms with Crippen molar-refractivity contribution < 1.29 is 22.7 Å². The van der Waals surface area contributed by atoms with E-state index in [-0.39, 0.29) is 6.42 Å². The number of carbonyl (C=O) groups excluding carboxylic acids is 1. The number of rotatable bonds is 5. The summed E-state index contributed by atoms with van der Waals surface area (Å²) >= 11 is 0. The fraction of sp³-hybridized carbons (Fsp3) is 0.176. The highest BCUT2D eigenvalue weighted by molar-refractivity contribution is 5.91. The molecule has 2 aromatic carbocycles. The molecule has 0 fully saturated rings. The summed E-state index contributed by atoms with van der Waals surface area (Å²) < 4.78 is 43.4. The second-order valence-corrected chi connectivity index (χ2v) is 4.86. The number of ether oxygens (including phenoxy) is 1. The molecule has 0 radical (unpaired) electrons. The zero-order valence-electron chi connectivity index (χ0n) is 12.4. The smallest absolute Gasteiger partial charge is 0.419 e. The van der Waals surface area contributed by atoms with Gasteiger partial charge in [-0.1, -0.05) is 24.3 Å². The number of hydrogen-bond donors (Lipinski definition) is 1. The van der Waals surface area contributed by atoms with Crippen LogP contribution in [0.5, 0.6) is 5.75 Å². The minimum atomic E-state index is -4.55. The first-order valence-electron chi connectivity index (χ1n) is 6.95. The van der Waals surface area contributed by atoms with Gasteiger partial charge in [0.25, 0.3) is 5.91 Å². The molecule has 4 nitrogen and oxygen atoms in total. The number of amides is 1. The molecule has 0 heterocycles. The van der Waals surface area contributed by atoms with Crippen LogP contribution in [0.2, 0.25) is 0 Å². The Hall–Kier alpha value is -3.01. The van der Waals surface area contributed by atoms with Crippen molar-refractivity contribution in [3.63, 3.8) is 0 Å². The third-order valence-electron chi connectivity index (χ3n) is 3.07. The Morgan fingerprint density at radius 1 is 1.12 bits per heavy atom. The molecule has 0 saturated heterocycles. The summed E-state index contributed by atoms with van der Waals surface area (Å²) in [5.74, 6) is -0.982. The Morgan fingerprint density at radius 3 is 2.42 bits per heavy atom. The normalized spacial score (nSPS) is 10.8. The highest BCUT2D eigenvalue weighted by atomic mass is 19.4. The molecular formula is C17H13F3N2O2. The zero-order valence-corrected chi connectivity index (χ0v) is 12.4. The number of nitrogens with zero attached hydrogens (tertiary/aromatic N) is 1. The summed E-state index contributed by atoms with van der Waals surface area (Å²) in [6.07, 6.45) is -4.30. The Balaban J connectivity index is 1.96. The molecule has 0 aliphatic rings. The first-order valence-corrected chi connectivity index (χ1v) is 6.95. The van der Waals surface area contributed by atoms with Crippen LogP contribution in [0.1, 0.15) is 11.1 Å². The lowest BCUT2D eigenvalue weighted by atomic mass is 10.1. The van der Waals surface area contributed by atoms with Crippen molar-refractivity contribution in [2.24, 2.45) is 0 Å². The van der Waals surface area contributed by atoms with Crippen LogP contribution in [0.25, 0.3) is 0 Å². The van der Waals surface area contributed by atoms with Gasteiger partial charge in [0.15, 0.2) is 6.61 Å². The number of halogens is 3. The van der Waals surface area contributed by atoms with Gasteiger partial charge in [-0.2, -0.15) is 18.4 Å². The van der Waals surface area contributed by atoms with Gasteiger partial charge in [0.2, 0.25) is 0 Å². The minimum Gasteiger partial charge on any atom is -0.483 e. The maximum atomic E-state index is 12.8. The molecule has 0 unspecified atom stereocenters. The molecule has 1 N–H and O–H groups in total. The Morgan fingerprint density at radius 2 is 1.79 bits per heavy atom. The molecule has 0 bridgehead atoms. The van der Waals surface area contributed by atoms with Crippen molar-refractivity contribution in [3.8, 4) is 11.8 Å². The summed E-state index contributed by atoms with van der Waals surface area (Å²) in [7, 11) is 0. The van der Waals surface area contributed by atoms with Crippen molar-refractivity contribution in [2.45, 2.75) is 12.6 Å². The Labute approximate surface area is 136 Å². The second kappa shape index (κ2) is 7.51. The molecule has 7 heteroatoms. The number of carbonyl (C=O) groups is 1. The van der Waals surface area contributed by atoms with Gasteiger partial charge in [0.1, 0.15) is 5.75 Å². The van der Waals surface area contributed by atoms with Crippen molar-refractivity contribution in [3.05, 3.63) is 59.7 Å². The number of nitrogens with one attached hydrogen (secondary N) is 1. The highest BCUT2D eigenvalue weighted by Crippen LogP contribution is 2.35. The number of nitriles is 1. The van der Waals surface area contributed by atoms with Gasteiger partial charge < -0.3 is 10.1 Å². The van der Waals surface area contributed by atoms with Crippen molar-refractivity contribution in [2.75, 3.05) is 11.9 Å². The standard InChI is InChI=1S/C17H13F3N2O2/c18-17(19,20)14-3-1-2-4-15(14)24-11-16(23)22-13-7-5-12(6-8-13)9-10-21/h1-8H,9,11H2,(H,22,23). The minimum absolute atomic E-state index is 0.256. The van der Waals surface area contributed by atoms with Crippen LogP contribution in [0, 0.1) is 11.3 Å². The van der Waals surface area contributed by atoms with Gasteiger partial charge in [-0.3, -0.25) is 4.79 Å². The Kier molecular flexibility index (Phi) is 5.42. The van der Waals surface area contributed by atoms with Crippen LogP contribution in [0.15, 0.2) is 48.5 Å². The number of alkyl halides is 3. The first kappa shape index (κ1) is 17.3. The molecular weight excluding hydrogens is 321 g/mol. The zero-order chi connectivity index (χ0) is 17.6. The lowest BCUT2D eigenvalue weighted by Crippen LogP contribution is -2.21. The van der Waals surface area contributed by atoms with Crippen molar-refractivity contribution >= 4 is 11.6 Å². The second-order valence-electron chi connectivity index (χ2n) is 4.86. The molecule has 0 aliphatic carbocycles. The van der Waals surface area contributed by atoms with Crippen LogP contribution in [0.3, 0.4) is 0 Å². The van der Waals surface area contributed by atoms with Gasteiger partial charge >= 0.3 is 6.18 Å². The number of para-hydroxylation sites is 1. The average molecular weight is 334 g/mol. The molecule has 0 aliphatic heterocycles. The van der Waals surface area contributed by atoms with E-state index in [0.717, 1.165) is 17.7 Å². The first-order chi connectivity index (χ1) is 11.4. The molecule has 1 amide bonds. The van der Waals surface area contributed by atoms with Crippen LogP contribution in [-0.2, 0) is 17.4 Å². The Bertz CT molecular complexity index is 750. The monoisotopic (exact) mass is 334 g/mol. The lowest BCUT2D eigenvalue weighted by Gasteiger charge is -2.13. The number of benzene rings is 2. The summed E-state index contributed by atoms with van der Waals surface area (Å²) in [4.78, 5) is 11.8. The van der Waals surface area contributed by atoms with Crippen LogP contribution >= 0.6 is 0 Å². The van der Waals surface area contributed by atoms with E-state index in [1.54, 1.807) is 24.3 Å². The maximum absolute atomic E-state index is 12.8. The average Bonchev–Trinajstić information content (AvgIpc) is 2.54.